The van der Waals surface area contributed by atoms with Crippen molar-refractivity contribution in [1.82, 2.24) is 10.2 Å². The molecule has 1 aromatic rings. The van der Waals surface area contributed by atoms with Gasteiger partial charge in [0.25, 0.3) is 0 Å². The lowest BCUT2D eigenvalue weighted by Gasteiger charge is -2.29. The smallest absolute Gasteiger partial charge is 0.119 e. The van der Waals surface area contributed by atoms with Crippen LogP contribution in [-0.4, -0.2) is 38.7 Å². The van der Waals surface area contributed by atoms with Crippen LogP contribution in [0, 0.1) is 5.92 Å². The number of nitrogens with zero attached hydrogens (tertiary/aromatic N) is 1. The second-order valence-corrected chi connectivity index (χ2v) is 5.25. The number of nitrogens with one attached hydrogen (secondary N) is 1. The van der Waals surface area contributed by atoms with Crippen LogP contribution in [0.25, 0.3) is 0 Å². The fourth-order valence-corrected chi connectivity index (χ4v) is 2.64. The van der Waals surface area contributed by atoms with Crippen LogP contribution >= 0.6 is 0 Å². The van der Waals surface area contributed by atoms with E-state index < -0.39 is 0 Å². The Morgan fingerprint density at radius 1 is 1.44 bits per heavy atom. The third kappa shape index (κ3) is 4.00. The van der Waals surface area contributed by atoms with Gasteiger partial charge >= 0.3 is 0 Å². The van der Waals surface area contributed by atoms with Gasteiger partial charge in [0.05, 0.1) is 7.11 Å². The fourth-order valence-electron chi connectivity index (χ4n) is 2.64. The summed E-state index contributed by atoms with van der Waals surface area (Å²) < 4.78 is 5.23. The van der Waals surface area contributed by atoms with Crippen molar-refractivity contribution >= 4 is 0 Å². The van der Waals surface area contributed by atoms with E-state index in [4.69, 9.17) is 4.74 Å². The van der Waals surface area contributed by atoms with E-state index in [1.54, 1.807) is 7.11 Å². The topological polar surface area (TPSA) is 24.5 Å². The predicted molar refractivity (Wildman–Crippen MR) is 74.9 cm³/mol. The maximum Gasteiger partial charge on any atom is 0.119 e. The molecular weight excluding hydrogens is 224 g/mol. The summed E-state index contributed by atoms with van der Waals surface area (Å²) in [4.78, 5) is 2.43. The van der Waals surface area contributed by atoms with Gasteiger partial charge in [-0.2, -0.15) is 0 Å². The van der Waals surface area contributed by atoms with Crippen molar-refractivity contribution in [1.29, 1.82) is 0 Å². The second kappa shape index (κ2) is 6.76. The standard InChI is InChI=1S/C15H24N2O/c1-17-8-4-6-14(12-17)11-16-10-13-5-3-7-15(9-13)18-2/h3,5,7,9,14,16H,4,6,8,10-12H2,1-2H3. The summed E-state index contributed by atoms with van der Waals surface area (Å²) in [6.45, 7) is 4.52. The fraction of sp³-hybridized carbons (Fsp3) is 0.600. The minimum Gasteiger partial charge on any atom is -0.497 e. The number of benzene rings is 1. The summed E-state index contributed by atoms with van der Waals surface area (Å²) in [7, 11) is 3.93. The van der Waals surface area contributed by atoms with Crippen LogP contribution in [0.2, 0.25) is 0 Å². The number of methoxy groups -OCH3 is 1. The van der Waals surface area contributed by atoms with Crippen LogP contribution in [-0.2, 0) is 6.54 Å². The predicted octanol–water partition coefficient (Wildman–Crippen LogP) is 2.13. The van der Waals surface area contributed by atoms with Crippen molar-refractivity contribution in [2.75, 3.05) is 33.8 Å². The highest BCUT2D eigenvalue weighted by Gasteiger charge is 2.16. The highest BCUT2D eigenvalue weighted by atomic mass is 16.5. The molecule has 0 radical (unpaired) electrons. The molecule has 0 aliphatic carbocycles. The van der Waals surface area contributed by atoms with Gasteiger partial charge in [0.1, 0.15) is 5.75 Å². The lowest BCUT2D eigenvalue weighted by atomic mass is 9.98. The molecule has 18 heavy (non-hydrogen) atoms. The van der Waals surface area contributed by atoms with Gasteiger partial charge in [-0.05, 0) is 56.6 Å². The highest BCUT2D eigenvalue weighted by Crippen LogP contribution is 2.15. The van der Waals surface area contributed by atoms with E-state index in [0.717, 1.165) is 24.8 Å². The molecule has 0 bridgehead atoms. The largest absolute Gasteiger partial charge is 0.497 e. The number of likely N-dealkylation sites (tertiary alicyclic amines) is 1. The Hall–Kier alpha value is -1.06. The average molecular weight is 248 g/mol. The van der Waals surface area contributed by atoms with Gasteiger partial charge in [-0.15, -0.1) is 0 Å². The van der Waals surface area contributed by atoms with Gasteiger partial charge in [-0.25, -0.2) is 0 Å². The molecule has 1 aromatic carbocycles. The summed E-state index contributed by atoms with van der Waals surface area (Å²) in [6, 6.07) is 8.27. The van der Waals surface area contributed by atoms with Crippen molar-refractivity contribution in [3.8, 4) is 5.75 Å². The molecule has 3 heteroatoms. The molecule has 0 aromatic heterocycles. The van der Waals surface area contributed by atoms with Crippen molar-refractivity contribution < 1.29 is 4.74 Å². The Labute approximate surface area is 110 Å². The number of hydrogen-bond donors (Lipinski definition) is 1. The normalized spacial score (nSPS) is 20.9. The van der Waals surface area contributed by atoms with Crippen LogP contribution in [0.3, 0.4) is 0 Å². The van der Waals surface area contributed by atoms with Gasteiger partial charge in [-0.3, -0.25) is 0 Å². The number of piperidine rings is 1. The minimum atomic E-state index is 0.800. The molecule has 1 aliphatic heterocycles. The Kier molecular flexibility index (Phi) is 5.02. The van der Waals surface area contributed by atoms with Crippen LogP contribution in [0.4, 0.5) is 0 Å². The molecule has 1 atom stereocenters. The lowest BCUT2D eigenvalue weighted by molar-refractivity contribution is 0.206. The molecule has 1 heterocycles. The Balaban J connectivity index is 1.74. The van der Waals surface area contributed by atoms with E-state index in [0.29, 0.717) is 0 Å². The Morgan fingerprint density at radius 2 is 2.33 bits per heavy atom. The molecule has 3 nitrogen and oxygen atoms in total. The van der Waals surface area contributed by atoms with E-state index in [1.165, 1.54) is 31.5 Å². The average Bonchev–Trinajstić information content (AvgIpc) is 2.39. The zero-order valence-electron chi connectivity index (χ0n) is 11.5. The van der Waals surface area contributed by atoms with E-state index >= 15 is 0 Å². The van der Waals surface area contributed by atoms with Crippen molar-refractivity contribution in [3.05, 3.63) is 29.8 Å². The summed E-state index contributed by atoms with van der Waals surface area (Å²) >= 11 is 0. The molecule has 0 saturated carbocycles. The summed E-state index contributed by atoms with van der Waals surface area (Å²) in [5.74, 6) is 1.74. The van der Waals surface area contributed by atoms with E-state index in [1.807, 2.05) is 12.1 Å². The van der Waals surface area contributed by atoms with Crippen LogP contribution in [0.1, 0.15) is 18.4 Å². The molecule has 0 amide bonds. The van der Waals surface area contributed by atoms with Crippen LogP contribution in [0.15, 0.2) is 24.3 Å². The lowest BCUT2D eigenvalue weighted by Crippen LogP contribution is -2.37. The minimum absolute atomic E-state index is 0.800. The van der Waals surface area contributed by atoms with Gasteiger partial charge in [0, 0.05) is 13.1 Å². The summed E-state index contributed by atoms with van der Waals surface area (Å²) in [5.41, 5.74) is 1.29. The second-order valence-electron chi connectivity index (χ2n) is 5.25. The summed E-state index contributed by atoms with van der Waals surface area (Å²) in [6.07, 6.45) is 2.69. The third-order valence-electron chi connectivity index (χ3n) is 3.62. The van der Waals surface area contributed by atoms with Gasteiger partial charge in [-0.1, -0.05) is 12.1 Å². The van der Waals surface area contributed by atoms with Crippen LogP contribution in [0.5, 0.6) is 5.75 Å². The molecule has 1 fully saturated rings. The molecule has 2 rings (SSSR count). The SMILES string of the molecule is COc1cccc(CNCC2CCCN(C)C2)c1. The summed E-state index contributed by atoms with van der Waals surface area (Å²) in [5, 5.41) is 3.56. The number of ether oxygens (including phenoxy) is 1. The van der Waals surface area contributed by atoms with Crippen molar-refractivity contribution in [2.45, 2.75) is 19.4 Å². The van der Waals surface area contributed by atoms with Gasteiger partial charge in [0.2, 0.25) is 0 Å². The molecule has 1 unspecified atom stereocenters. The first-order chi connectivity index (χ1) is 8.78. The molecule has 0 spiro atoms. The Bertz CT molecular complexity index is 367. The third-order valence-corrected chi connectivity index (χ3v) is 3.62. The first-order valence-corrected chi connectivity index (χ1v) is 6.80. The highest BCUT2D eigenvalue weighted by molar-refractivity contribution is 5.28. The molecule has 100 valence electrons. The van der Waals surface area contributed by atoms with Gasteiger partial charge in [0.15, 0.2) is 0 Å². The van der Waals surface area contributed by atoms with Gasteiger partial charge < -0.3 is 15.0 Å². The number of hydrogen-bond acceptors (Lipinski definition) is 3. The first-order valence-electron chi connectivity index (χ1n) is 6.80. The van der Waals surface area contributed by atoms with E-state index in [9.17, 15) is 0 Å². The maximum atomic E-state index is 5.23. The van der Waals surface area contributed by atoms with E-state index in [2.05, 4.69) is 29.4 Å². The molecular formula is C15H24N2O. The maximum absolute atomic E-state index is 5.23. The zero-order valence-corrected chi connectivity index (χ0v) is 11.5. The molecule has 1 N–H and O–H groups in total. The van der Waals surface area contributed by atoms with Crippen molar-refractivity contribution in [2.24, 2.45) is 5.92 Å². The molecule has 1 saturated heterocycles. The zero-order chi connectivity index (χ0) is 12.8. The molecule has 1 aliphatic rings. The van der Waals surface area contributed by atoms with Crippen molar-refractivity contribution in [3.63, 3.8) is 0 Å². The van der Waals surface area contributed by atoms with E-state index in [-0.39, 0.29) is 0 Å². The number of rotatable bonds is 5. The monoisotopic (exact) mass is 248 g/mol. The van der Waals surface area contributed by atoms with Crippen LogP contribution < -0.4 is 10.1 Å². The Morgan fingerprint density at radius 3 is 3.11 bits per heavy atom. The first kappa shape index (κ1) is 13.4. The quantitative estimate of drug-likeness (QED) is 0.864.